The van der Waals surface area contributed by atoms with E-state index in [0.717, 1.165) is 5.56 Å². The van der Waals surface area contributed by atoms with E-state index in [2.05, 4.69) is 5.32 Å². The van der Waals surface area contributed by atoms with Crippen molar-refractivity contribution >= 4 is 35.0 Å². The Kier molecular flexibility index (Phi) is 4.43. The molecule has 0 aliphatic rings. The molecule has 0 bridgehead atoms. The standard InChI is InChI=1S/C16H15ClN2O/c1-11-2-4-12(5-3-11)6-9-16(20)19-15-8-7-13(18)10-14(15)17/h2-10H,18H2,1H3,(H,19,20)/b9-6+. The van der Waals surface area contributed by atoms with Gasteiger partial charge in [0.25, 0.3) is 0 Å². The van der Waals surface area contributed by atoms with Gasteiger partial charge in [-0.2, -0.15) is 0 Å². The first-order valence-corrected chi connectivity index (χ1v) is 6.53. The average molecular weight is 287 g/mol. The normalized spacial score (nSPS) is 10.7. The molecule has 20 heavy (non-hydrogen) atoms. The van der Waals surface area contributed by atoms with Crippen LogP contribution in [0.1, 0.15) is 11.1 Å². The molecule has 4 heteroatoms. The highest BCUT2D eigenvalue weighted by Crippen LogP contribution is 2.23. The molecule has 0 aliphatic heterocycles. The van der Waals surface area contributed by atoms with E-state index in [-0.39, 0.29) is 5.91 Å². The van der Waals surface area contributed by atoms with E-state index in [9.17, 15) is 4.79 Å². The number of amides is 1. The van der Waals surface area contributed by atoms with E-state index < -0.39 is 0 Å². The number of hydrogen-bond donors (Lipinski definition) is 2. The lowest BCUT2D eigenvalue weighted by Gasteiger charge is -2.05. The second-order valence-electron chi connectivity index (χ2n) is 4.47. The van der Waals surface area contributed by atoms with Crippen molar-refractivity contribution < 1.29 is 4.79 Å². The summed E-state index contributed by atoms with van der Waals surface area (Å²) in [6.07, 6.45) is 3.22. The molecule has 0 unspecified atom stereocenters. The number of nitrogen functional groups attached to an aromatic ring is 1. The molecule has 2 rings (SSSR count). The van der Waals surface area contributed by atoms with Crippen LogP contribution in [0, 0.1) is 6.92 Å². The number of aryl methyl sites for hydroxylation is 1. The molecule has 0 saturated heterocycles. The van der Waals surface area contributed by atoms with E-state index in [1.807, 2.05) is 31.2 Å². The number of carbonyl (C=O) groups excluding carboxylic acids is 1. The predicted molar refractivity (Wildman–Crippen MR) is 84.7 cm³/mol. The fraction of sp³-hybridized carbons (Fsp3) is 0.0625. The quantitative estimate of drug-likeness (QED) is 0.664. The van der Waals surface area contributed by atoms with Gasteiger partial charge in [-0.05, 0) is 36.8 Å². The number of nitrogens with two attached hydrogens (primary N) is 1. The van der Waals surface area contributed by atoms with Crippen molar-refractivity contribution in [2.24, 2.45) is 0 Å². The van der Waals surface area contributed by atoms with Gasteiger partial charge in [0.2, 0.25) is 5.91 Å². The van der Waals surface area contributed by atoms with Gasteiger partial charge in [-0.3, -0.25) is 4.79 Å². The Hall–Kier alpha value is -2.26. The van der Waals surface area contributed by atoms with E-state index in [4.69, 9.17) is 17.3 Å². The van der Waals surface area contributed by atoms with E-state index in [1.54, 1.807) is 24.3 Å². The highest BCUT2D eigenvalue weighted by Gasteiger charge is 2.03. The van der Waals surface area contributed by atoms with Crippen LogP contribution in [-0.2, 0) is 4.79 Å². The first-order valence-electron chi connectivity index (χ1n) is 6.15. The van der Waals surface area contributed by atoms with Gasteiger partial charge < -0.3 is 11.1 Å². The zero-order valence-corrected chi connectivity index (χ0v) is 11.8. The highest BCUT2D eigenvalue weighted by molar-refractivity contribution is 6.34. The Morgan fingerprint density at radius 3 is 2.55 bits per heavy atom. The third kappa shape index (κ3) is 3.87. The van der Waals surface area contributed by atoms with Crippen LogP contribution in [0.4, 0.5) is 11.4 Å². The maximum atomic E-state index is 11.8. The molecule has 2 aromatic rings. The molecule has 0 fully saturated rings. The van der Waals surface area contributed by atoms with E-state index in [1.165, 1.54) is 11.6 Å². The molecule has 2 aromatic carbocycles. The monoisotopic (exact) mass is 286 g/mol. The smallest absolute Gasteiger partial charge is 0.248 e. The third-order valence-electron chi connectivity index (χ3n) is 2.76. The molecule has 0 spiro atoms. The summed E-state index contributed by atoms with van der Waals surface area (Å²) >= 11 is 5.99. The molecular formula is C16H15ClN2O. The molecule has 0 radical (unpaired) electrons. The Morgan fingerprint density at radius 2 is 1.90 bits per heavy atom. The summed E-state index contributed by atoms with van der Waals surface area (Å²) in [6.45, 7) is 2.02. The summed E-state index contributed by atoms with van der Waals surface area (Å²) in [6, 6.07) is 12.9. The number of halogens is 1. The summed E-state index contributed by atoms with van der Waals surface area (Å²) in [5.41, 5.74) is 8.84. The predicted octanol–water partition coefficient (Wildman–Crippen LogP) is 3.88. The van der Waals surface area contributed by atoms with Gasteiger partial charge in [0, 0.05) is 11.8 Å². The maximum absolute atomic E-state index is 11.8. The average Bonchev–Trinajstić information content (AvgIpc) is 2.41. The molecule has 0 aliphatic carbocycles. The maximum Gasteiger partial charge on any atom is 0.248 e. The molecule has 3 nitrogen and oxygen atoms in total. The van der Waals surface area contributed by atoms with Gasteiger partial charge >= 0.3 is 0 Å². The van der Waals surface area contributed by atoms with Gasteiger partial charge in [-0.15, -0.1) is 0 Å². The topological polar surface area (TPSA) is 55.1 Å². The minimum Gasteiger partial charge on any atom is -0.399 e. The zero-order valence-electron chi connectivity index (χ0n) is 11.1. The first-order chi connectivity index (χ1) is 9.54. The van der Waals surface area contributed by atoms with Crippen LogP contribution >= 0.6 is 11.6 Å². The van der Waals surface area contributed by atoms with Crippen molar-refractivity contribution in [2.45, 2.75) is 6.92 Å². The van der Waals surface area contributed by atoms with Gasteiger partial charge in [0.1, 0.15) is 0 Å². The Balaban J connectivity index is 2.03. The Labute approximate surface area is 123 Å². The minimum atomic E-state index is -0.239. The molecule has 0 heterocycles. The summed E-state index contributed by atoms with van der Waals surface area (Å²) < 4.78 is 0. The lowest BCUT2D eigenvalue weighted by atomic mass is 10.1. The van der Waals surface area contributed by atoms with Crippen LogP contribution in [0.25, 0.3) is 6.08 Å². The van der Waals surface area contributed by atoms with Crippen LogP contribution in [0.3, 0.4) is 0 Å². The number of carbonyl (C=O) groups is 1. The van der Waals surface area contributed by atoms with Crippen LogP contribution in [-0.4, -0.2) is 5.91 Å². The molecule has 102 valence electrons. The summed E-state index contributed by atoms with van der Waals surface area (Å²) in [5.74, 6) is -0.239. The molecule has 0 aromatic heterocycles. The minimum absolute atomic E-state index is 0.239. The fourth-order valence-corrected chi connectivity index (χ4v) is 1.89. The lowest BCUT2D eigenvalue weighted by Crippen LogP contribution is -2.08. The largest absolute Gasteiger partial charge is 0.399 e. The van der Waals surface area contributed by atoms with Crippen LogP contribution < -0.4 is 11.1 Å². The Morgan fingerprint density at radius 1 is 1.20 bits per heavy atom. The van der Waals surface area contributed by atoms with Crippen LogP contribution in [0.2, 0.25) is 5.02 Å². The van der Waals surface area contributed by atoms with Crippen LogP contribution in [0.5, 0.6) is 0 Å². The molecule has 0 atom stereocenters. The van der Waals surface area contributed by atoms with Crippen molar-refractivity contribution in [3.05, 3.63) is 64.7 Å². The summed E-state index contributed by atoms with van der Waals surface area (Å²) in [5, 5.41) is 3.12. The van der Waals surface area contributed by atoms with Crippen molar-refractivity contribution in [2.75, 3.05) is 11.1 Å². The number of rotatable bonds is 3. The van der Waals surface area contributed by atoms with E-state index >= 15 is 0 Å². The lowest BCUT2D eigenvalue weighted by molar-refractivity contribution is -0.111. The molecule has 0 saturated carbocycles. The second kappa shape index (κ2) is 6.26. The third-order valence-corrected chi connectivity index (χ3v) is 3.07. The summed E-state index contributed by atoms with van der Waals surface area (Å²) in [7, 11) is 0. The van der Waals surface area contributed by atoms with Crippen LogP contribution in [0.15, 0.2) is 48.5 Å². The molecule has 1 amide bonds. The van der Waals surface area contributed by atoms with Crippen molar-refractivity contribution in [1.29, 1.82) is 0 Å². The Bertz CT molecular complexity index is 648. The molecule has 3 N–H and O–H groups in total. The SMILES string of the molecule is Cc1ccc(/C=C/C(=O)Nc2ccc(N)cc2Cl)cc1. The highest BCUT2D eigenvalue weighted by atomic mass is 35.5. The number of nitrogens with one attached hydrogen (secondary N) is 1. The van der Waals surface area contributed by atoms with E-state index in [0.29, 0.717) is 16.4 Å². The van der Waals surface area contributed by atoms with Gasteiger partial charge in [-0.1, -0.05) is 41.4 Å². The summed E-state index contributed by atoms with van der Waals surface area (Å²) in [4.78, 5) is 11.8. The zero-order chi connectivity index (χ0) is 14.5. The van der Waals surface area contributed by atoms with Gasteiger partial charge in [0.05, 0.1) is 10.7 Å². The van der Waals surface area contributed by atoms with Crippen molar-refractivity contribution in [3.63, 3.8) is 0 Å². The van der Waals surface area contributed by atoms with Crippen molar-refractivity contribution in [3.8, 4) is 0 Å². The van der Waals surface area contributed by atoms with Gasteiger partial charge in [0.15, 0.2) is 0 Å². The fourth-order valence-electron chi connectivity index (χ4n) is 1.66. The number of benzene rings is 2. The first kappa shape index (κ1) is 14.2. The van der Waals surface area contributed by atoms with Crippen molar-refractivity contribution in [1.82, 2.24) is 0 Å². The van der Waals surface area contributed by atoms with Gasteiger partial charge in [-0.25, -0.2) is 0 Å². The number of hydrogen-bond acceptors (Lipinski definition) is 2. The number of anilines is 2. The molecular weight excluding hydrogens is 272 g/mol. The second-order valence-corrected chi connectivity index (χ2v) is 4.88.